The Morgan fingerprint density at radius 2 is 1.68 bits per heavy atom. The van der Waals surface area contributed by atoms with E-state index in [-0.39, 0.29) is 25.3 Å². The average molecular weight is 277 g/mol. The van der Waals surface area contributed by atoms with Crippen LogP contribution in [0.3, 0.4) is 0 Å². The number of carbonyl (C=O) groups excluding carboxylic acids is 1. The number of alkyl halides is 3. The van der Waals surface area contributed by atoms with Gasteiger partial charge in [-0.2, -0.15) is 13.2 Å². The molecule has 1 aliphatic heterocycles. The predicted octanol–water partition coefficient (Wildman–Crippen LogP) is 3.90. The SMILES string of the molecule is O=C(CCC1CCCC1)N1CCCCC1C(F)(F)F. The Morgan fingerprint density at radius 1 is 1.05 bits per heavy atom. The maximum absolute atomic E-state index is 12.9. The third kappa shape index (κ3) is 3.86. The highest BCUT2D eigenvalue weighted by Crippen LogP contribution is 2.33. The number of nitrogens with zero attached hydrogens (tertiary/aromatic N) is 1. The van der Waals surface area contributed by atoms with E-state index in [4.69, 9.17) is 0 Å². The van der Waals surface area contributed by atoms with Crippen molar-refractivity contribution in [2.75, 3.05) is 6.54 Å². The number of rotatable bonds is 3. The fourth-order valence-corrected chi connectivity index (χ4v) is 3.34. The number of halogens is 3. The van der Waals surface area contributed by atoms with Gasteiger partial charge in [-0.1, -0.05) is 25.7 Å². The fourth-order valence-electron chi connectivity index (χ4n) is 3.34. The number of amides is 1. The van der Waals surface area contributed by atoms with E-state index in [9.17, 15) is 18.0 Å². The number of carbonyl (C=O) groups is 1. The average Bonchev–Trinajstić information content (AvgIpc) is 2.88. The minimum atomic E-state index is -4.27. The second-order valence-corrected chi connectivity index (χ2v) is 5.83. The first-order valence-electron chi connectivity index (χ1n) is 7.34. The van der Waals surface area contributed by atoms with Gasteiger partial charge in [0.25, 0.3) is 0 Å². The Labute approximate surface area is 112 Å². The zero-order chi connectivity index (χ0) is 13.9. The van der Waals surface area contributed by atoms with Gasteiger partial charge < -0.3 is 4.90 Å². The summed E-state index contributed by atoms with van der Waals surface area (Å²) in [7, 11) is 0. The molecular weight excluding hydrogens is 255 g/mol. The fraction of sp³-hybridized carbons (Fsp3) is 0.929. The summed E-state index contributed by atoms with van der Waals surface area (Å²) < 4.78 is 38.7. The minimum Gasteiger partial charge on any atom is -0.331 e. The normalized spacial score (nSPS) is 25.8. The molecule has 0 bridgehead atoms. The van der Waals surface area contributed by atoms with Crippen molar-refractivity contribution >= 4 is 5.91 Å². The molecule has 0 aromatic carbocycles. The van der Waals surface area contributed by atoms with Crippen LogP contribution in [0.4, 0.5) is 13.2 Å². The van der Waals surface area contributed by atoms with Crippen LogP contribution in [0, 0.1) is 5.92 Å². The van der Waals surface area contributed by atoms with Crippen LogP contribution in [-0.4, -0.2) is 29.6 Å². The Bertz CT molecular complexity index is 310. The summed E-state index contributed by atoms with van der Waals surface area (Å²) in [6.45, 7) is 0.272. The molecule has 0 spiro atoms. The molecule has 0 N–H and O–H groups in total. The van der Waals surface area contributed by atoms with Crippen LogP contribution in [0.15, 0.2) is 0 Å². The molecule has 1 unspecified atom stereocenters. The van der Waals surface area contributed by atoms with E-state index in [0.29, 0.717) is 18.8 Å². The maximum Gasteiger partial charge on any atom is 0.408 e. The summed E-state index contributed by atoms with van der Waals surface area (Å²) in [5, 5.41) is 0. The summed E-state index contributed by atoms with van der Waals surface area (Å²) in [6.07, 6.45) is 2.78. The van der Waals surface area contributed by atoms with Gasteiger partial charge in [0.1, 0.15) is 6.04 Å². The Hall–Kier alpha value is -0.740. The van der Waals surface area contributed by atoms with E-state index < -0.39 is 12.2 Å². The Morgan fingerprint density at radius 3 is 2.32 bits per heavy atom. The van der Waals surface area contributed by atoms with Gasteiger partial charge in [-0.25, -0.2) is 0 Å². The van der Waals surface area contributed by atoms with Crippen molar-refractivity contribution < 1.29 is 18.0 Å². The lowest BCUT2D eigenvalue weighted by molar-refractivity contribution is -0.196. The Kier molecular flexibility index (Phi) is 4.74. The topological polar surface area (TPSA) is 20.3 Å². The number of hydrogen-bond donors (Lipinski definition) is 0. The molecule has 0 aromatic rings. The van der Waals surface area contributed by atoms with Crippen LogP contribution >= 0.6 is 0 Å². The van der Waals surface area contributed by atoms with Crippen molar-refractivity contribution in [1.29, 1.82) is 0 Å². The molecule has 1 saturated heterocycles. The lowest BCUT2D eigenvalue weighted by Gasteiger charge is -2.37. The van der Waals surface area contributed by atoms with Gasteiger partial charge >= 0.3 is 6.18 Å². The molecule has 5 heteroatoms. The smallest absolute Gasteiger partial charge is 0.331 e. The van der Waals surface area contributed by atoms with Gasteiger partial charge in [0.05, 0.1) is 0 Å². The van der Waals surface area contributed by atoms with Crippen LogP contribution in [0.2, 0.25) is 0 Å². The molecule has 0 aromatic heterocycles. The van der Waals surface area contributed by atoms with E-state index in [0.717, 1.165) is 24.2 Å². The van der Waals surface area contributed by atoms with Crippen LogP contribution in [0.1, 0.15) is 57.8 Å². The van der Waals surface area contributed by atoms with Crippen molar-refractivity contribution in [3.8, 4) is 0 Å². The van der Waals surface area contributed by atoms with Crippen LogP contribution < -0.4 is 0 Å². The third-order valence-corrected chi connectivity index (χ3v) is 4.44. The molecule has 2 nitrogen and oxygen atoms in total. The molecule has 2 fully saturated rings. The first-order chi connectivity index (χ1) is 8.98. The molecule has 1 saturated carbocycles. The summed E-state index contributed by atoms with van der Waals surface area (Å²) in [6, 6.07) is -1.54. The first-order valence-corrected chi connectivity index (χ1v) is 7.34. The zero-order valence-electron chi connectivity index (χ0n) is 11.2. The lowest BCUT2D eigenvalue weighted by atomic mass is 9.98. The molecule has 2 aliphatic rings. The predicted molar refractivity (Wildman–Crippen MR) is 66.6 cm³/mol. The van der Waals surface area contributed by atoms with Crippen LogP contribution in [0.5, 0.6) is 0 Å². The molecule has 1 aliphatic carbocycles. The summed E-state index contributed by atoms with van der Waals surface area (Å²) in [4.78, 5) is 13.1. The highest BCUT2D eigenvalue weighted by atomic mass is 19.4. The molecule has 1 atom stereocenters. The van der Waals surface area contributed by atoms with Crippen molar-refractivity contribution in [2.24, 2.45) is 5.92 Å². The second kappa shape index (κ2) is 6.14. The van der Waals surface area contributed by atoms with Crippen LogP contribution in [-0.2, 0) is 4.79 Å². The lowest BCUT2D eigenvalue weighted by Crippen LogP contribution is -2.51. The highest BCUT2D eigenvalue weighted by molar-refractivity contribution is 5.76. The van der Waals surface area contributed by atoms with Gasteiger partial charge in [-0.3, -0.25) is 4.79 Å². The number of likely N-dealkylation sites (tertiary alicyclic amines) is 1. The largest absolute Gasteiger partial charge is 0.408 e. The molecule has 0 radical (unpaired) electrons. The van der Waals surface area contributed by atoms with Crippen LogP contribution in [0.25, 0.3) is 0 Å². The van der Waals surface area contributed by atoms with Gasteiger partial charge in [0.15, 0.2) is 0 Å². The molecule has 2 rings (SSSR count). The highest BCUT2D eigenvalue weighted by Gasteiger charge is 2.46. The number of hydrogen-bond acceptors (Lipinski definition) is 1. The molecular formula is C14H22F3NO. The number of piperidine rings is 1. The Balaban J connectivity index is 1.87. The standard InChI is InChI=1S/C14H22F3NO/c15-14(16,17)12-7-3-4-10-18(12)13(19)9-8-11-5-1-2-6-11/h11-12H,1-10H2. The zero-order valence-corrected chi connectivity index (χ0v) is 11.2. The van der Waals surface area contributed by atoms with E-state index in [1.807, 2.05) is 0 Å². The molecule has 1 amide bonds. The molecule has 19 heavy (non-hydrogen) atoms. The van der Waals surface area contributed by atoms with Crippen molar-refractivity contribution in [3.63, 3.8) is 0 Å². The van der Waals surface area contributed by atoms with Crippen molar-refractivity contribution in [3.05, 3.63) is 0 Å². The maximum atomic E-state index is 12.9. The van der Waals surface area contributed by atoms with E-state index >= 15 is 0 Å². The second-order valence-electron chi connectivity index (χ2n) is 5.83. The van der Waals surface area contributed by atoms with Gasteiger partial charge in [0.2, 0.25) is 5.91 Å². The first kappa shape index (κ1) is 14.7. The monoisotopic (exact) mass is 277 g/mol. The summed E-state index contributed by atoms with van der Waals surface area (Å²) in [5.74, 6) is 0.256. The van der Waals surface area contributed by atoms with Crippen molar-refractivity contribution in [2.45, 2.75) is 70.0 Å². The van der Waals surface area contributed by atoms with Crippen molar-refractivity contribution in [1.82, 2.24) is 4.90 Å². The quantitative estimate of drug-likeness (QED) is 0.766. The molecule has 110 valence electrons. The van der Waals surface area contributed by atoms with Gasteiger partial charge in [-0.15, -0.1) is 0 Å². The molecule has 1 heterocycles. The van der Waals surface area contributed by atoms with Gasteiger partial charge in [0, 0.05) is 13.0 Å². The van der Waals surface area contributed by atoms with Gasteiger partial charge in [-0.05, 0) is 31.6 Å². The summed E-state index contributed by atoms with van der Waals surface area (Å²) in [5.41, 5.74) is 0. The summed E-state index contributed by atoms with van der Waals surface area (Å²) >= 11 is 0. The van der Waals surface area contributed by atoms with E-state index in [1.54, 1.807) is 0 Å². The minimum absolute atomic E-state index is 0.0681. The van der Waals surface area contributed by atoms with E-state index in [2.05, 4.69) is 0 Å². The van der Waals surface area contributed by atoms with E-state index in [1.165, 1.54) is 12.8 Å². The third-order valence-electron chi connectivity index (χ3n) is 4.44.